The predicted octanol–water partition coefficient (Wildman–Crippen LogP) is 3.07. The third kappa shape index (κ3) is 7.03. The molecule has 0 atom stereocenters. The summed E-state index contributed by atoms with van der Waals surface area (Å²) in [6, 6.07) is 5.60. The Hall–Kier alpha value is -3.43. The average molecular weight is 452 g/mol. The third-order valence-electron chi connectivity index (χ3n) is 5.16. The van der Waals surface area contributed by atoms with Gasteiger partial charge in [-0.25, -0.2) is 4.98 Å². The SMILES string of the molecule is CC(C)C(=C/N)/C=C(\N)Nc1ccc2ncc(/C(C=N)=C/NCCC3OCCCO3)cc2n1. The second-order valence-corrected chi connectivity index (χ2v) is 8.02. The van der Waals surface area contributed by atoms with Crippen LogP contribution in [0.2, 0.25) is 0 Å². The number of nitrogens with one attached hydrogen (secondary N) is 3. The van der Waals surface area contributed by atoms with E-state index in [9.17, 15) is 0 Å². The number of nitrogens with two attached hydrogens (primary N) is 2. The van der Waals surface area contributed by atoms with Crippen LogP contribution in [0.25, 0.3) is 16.6 Å². The molecule has 1 aliphatic rings. The number of nitrogens with zero attached hydrogens (tertiary/aromatic N) is 2. The van der Waals surface area contributed by atoms with E-state index in [1.807, 2.05) is 32.0 Å². The number of hydrogen-bond acceptors (Lipinski definition) is 9. The van der Waals surface area contributed by atoms with Gasteiger partial charge in [0, 0.05) is 42.7 Å². The van der Waals surface area contributed by atoms with Gasteiger partial charge in [-0.15, -0.1) is 0 Å². The minimum absolute atomic E-state index is 0.168. The molecule has 0 aromatic carbocycles. The highest BCUT2D eigenvalue weighted by Crippen LogP contribution is 2.19. The number of pyridine rings is 2. The van der Waals surface area contributed by atoms with Crippen molar-refractivity contribution in [1.82, 2.24) is 15.3 Å². The van der Waals surface area contributed by atoms with Crippen LogP contribution in [0.1, 0.15) is 32.3 Å². The van der Waals surface area contributed by atoms with Crippen molar-refractivity contribution >= 4 is 28.6 Å². The normalized spacial score (nSPS) is 16.3. The van der Waals surface area contributed by atoms with Gasteiger partial charge in [0.05, 0.1) is 24.2 Å². The molecule has 0 aliphatic carbocycles. The fraction of sp³-hybridized carbons (Fsp3) is 0.375. The number of anilines is 1. The molecule has 2 aromatic rings. The van der Waals surface area contributed by atoms with Crippen molar-refractivity contribution in [2.24, 2.45) is 17.4 Å². The zero-order valence-corrected chi connectivity index (χ0v) is 19.2. The van der Waals surface area contributed by atoms with Gasteiger partial charge in [0.1, 0.15) is 11.6 Å². The maximum absolute atomic E-state index is 7.81. The lowest BCUT2D eigenvalue weighted by molar-refractivity contribution is -0.180. The minimum atomic E-state index is -0.168. The van der Waals surface area contributed by atoms with E-state index in [4.69, 9.17) is 26.4 Å². The lowest BCUT2D eigenvalue weighted by atomic mass is 10.0. The zero-order chi connectivity index (χ0) is 23.6. The predicted molar refractivity (Wildman–Crippen MR) is 132 cm³/mol. The lowest BCUT2D eigenvalue weighted by Gasteiger charge is -2.23. The van der Waals surface area contributed by atoms with Crippen LogP contribution in [-0.4, -0.2) is 42.2 Å². The highest BCUT2D eigenvalue weighted by molar-refractivity contribution is 6.08. The number of allylic oxidation sites excluding steroid dienone is 3. The highest BCUT2D eigenvalue weighted by atomic mass is 16.7. The van der Waals surface area contributed by atoms with Gasteiger partial charge in [-0.3, -0.25) is 4.98 Å². The Balaban J connectivity index is 1.70. The molecule has 0 unspecified atom stereocenters. The van der Waals surface area contributed by atoms with E-state index in [2.05, 4.69) is 20.6 Å². The number of ether oxygens (including phenoxy) is 2. The van der Waals surface area contributed by atoms with Crippen molar-refractivity contribution < 1.29 is 9.47 Å². The molecule has 33 heavy (non-hydrogen) atoms. The number of aromatic nitrogens is 2. The summed E-state index contributed by atoms with van der Waals surface area (Å²) in [5.74, 6) is 1.31. The number of rotatable bonds is 10. The number of hydrogen-bond donors (Lipinski definition) is 5. The van der Waals surface area contributed by atoms with Crippen LogP contribution < -0.4 is 22.1 Å². The Bertz CT molecular complexity index is 1040. The smallest absolute Gasteiger partial charge is 0.159 e. The molecule has 3 heterocycles. The van der Waals surface area contributed by atoms with Gasteiger partial charge in [-0.2, -0.15) is 0 Å². The molecule has 0 spiro atoms. The van der Waals surface area contributed by atoms with Crippen LogP contribution in [0.5, 0.6) is 0 Å². The molecular weight excluding hydrogens is 418 g/mol. The first-order chi connectivity index (χ1) is 16.0. The molecule has 0 amide bonds. The summed E-state index contributed by atoms with van der Waals surface area (Å²) in [4.78, 5) is 9.11. The quantitative estimate of drug-likeness (QED) is 0.211. The Morgan fingerprint density at radius 2 is 2.06 bits per heavy atom. The summed E-state index contributed by atoms with van der Waals surface area (Å²) in [5, 5.41) is 14.1. The van der Waals surface area contributed by atoms with Crippen molar-refractivity contribution in [2.45, 2.75) is 33.0 Å². The van der Waals surface area contributed by atoms with E-state index >= 15 is 0 Å². The standard InChI is InChI=1S/C24H33N7O2/c1-16(2)17(12-25)11-22(27)31-23-5-4-20-21(30-23)10-18(15-29-20)19(13-26)14-28-7-6-24-32-8-3-9-33-24/h4-5,10-16,24,26,28H,3,6-9,25,27H2,1-2H3,(H,30,31)/b17-12+,19-14+,22-11+,26-13?. The van der Waals surface area contributed by atoms with Gasteiger partial charge in [0.25, 0.3) is 0 Å². The van der Waals surface area contributed by atoms with Crippen LogP contribution in [-0.2, 0) is 9.47 Å². The van der Waals surface area contributed by atoms with Crippen molar-refractivity contribution in [1.29, 1.82) is 5.41 Å². The van der Waals surface area contributed by atoms with Gasteiger partial charge in [-0.1, -0.05) is 13.8 Å². The van der Waals surface area contributed by atoms with Crippen LogP contribution >= 0.6 is 0 Å². The maximum atomic E-state index is 7.81. The molecule has 7 N–H and O–H groups in total. The zero-order valence-electron chi connectivity index (χ0n) is 19.2. The topological polar surface area (TPSA) is 144 Å². The average Bonchev–Trinajstić information content (AvgIpc) is 2.82. The molecule has 9 nitrogen and oxygen atoms in total. The Labute approximate surface area is 194 Å². The van der Waals surface area contributed by atoms with Gasteiger partial charge in [0.2, 0.25) is 0 Å². The molecule has 0 saturated carbocycles. The van der Waals surface area contributed by atoms with E-state index in [1.54, 1.807) is 24.7 Å². The largest absolute Gasteiger partial charge is 0.404 e. The molecule has 1 saturated heterocycles. The molecular formula is C24H33N7O2. The molecule has 9 heteroatoms. The first-order valence-corrected chi connectivity index (χ1v) is 11.1. The van der Waals surface area contributed by atoms with Gasteiger partial charge in [0.15, 0.2) is 6.29 Å². The first kappa shape index (κ1) is 24.2. The molecule has 3 rings (SSSR count). The Kier molecular flexibility index (Phi) is 8.79. The van der Waals surface area contributed by atoms with Crippen LogP contribution in [0.4, 0.5) is 5.82 Å². The summed E-state index contributed by atoms with van der Waals surface area (Å²) >= 11 is 0. The number of fused-ring (bicyclic) bond motifs is 1. The first-order valence-electron chi connectivity index (χ1n) is 11.1. The third-order valence-corrected chi connectivity index (χ3v) is 5.16. The highest BCUT2D eigenvalue weighted by Gasteiger charge is 2.13. The van der Waals surface area contributed by atoms with E-state index < -0.39 is 0 Å². The molecule has 1 fully saturated rings. The van der Waals surface area contributed by atoms with Gasteiger partial charge < -0.3 is 37.0 Å². The van der Waals surface area contributed by atoms with Crippen LogP contribution in [0.15, 0.2) is 54.3 Å². The second kappa shape index (κ2) is 12.0. The fourth-order valence-electron chi connectivity index (χ4n) is 3.30. The van der Waals surface area contributed by atoms with E-state index in [1.165, 1.54) is 6.21 Å². The fourth-order valence-corrected chi connectivity index (χ4v) is 3.30. The Morgan fingerprint density at radius 3 is 2.76 bits per heavy atom. The van der Waals surface area contributed by atoms with Crippen molar-refractivity contribution in [3.05, 3.63) is 59.8 Å². The minimum Gasteiger partial charge on any atom is -0.404 e. The maximum Gasteiger partial charge on any atom is 0.159 e. The summed E-state index contributed by atoms with van der Waals surface area (Å²) < 4.78 is 11.1. The molecule has 0 bridgehead atoms. The lowest BCUT2D eigenvalue weighted by Crippen LogP contribution is -2.27. The van der Waals surface area contributed by atoms with E-state index in [0.717, 1.165) is 42.7 Å². The van der Waals surface area contributed by atoms with E-state index in [-0.39, 0.29) is 12.2 Å². The molecule has 176 valence electrons. The van der Waals surface area contributed by atoms with Crippen LogP contribution in [0.3, 0.4) is 0 Å². The summed E-state index contributed by atoms with van der Waals surface area (Å²) in [6.45, 7) is 6.25. The van der Waals surface area contributed by atoms with E-state index in [0.29, 0.717) is 29.3 Å². The summed E-state index contributed by atoms with van der Waals surface area (Å²) in [6.07, 6.45) is 9.69. The molecule has 0 radical (unpaired) electrons. The van der Waals surface area contributed by atoms with Gasteiger partial charge >= 0.3 is 0 Å². The molecule has 2 aromatic heterocycles. The van der Waals surface area contributed by atoms with Crippen molar-refractivity contribution in [2.75, 3.05) is 25.1 Å². The summed E-state index contributed by atoms with van der Waals surface area (Å²) in [5.41, 5.74) is 15.7. The molecule has 1 aliphatic heterocycles. The second-order valence-electron chi connectivity index (χ2n) is 8.02. The monoisotopic (exact) mass is 451 g/mol. The van der Waals surface area contributed by atoms with Crippen molar-refractivity contribution in [3.63, 3.8) is 0 Å². The Morgan fingerprint density at radius 1 is 1.27 bits per heavy atom. The van der Waals surface area contributed by atoms with Crippen LogP contribution in [0, 0.1) is 11.3 Å². The van der Waals surface area contributed by atoms with Crippen molar-refractivity contribution in [3.8, 4) is 0 Å². The van der Waals surface area contributed by atoms with Gasteiger partial charge in [-0.05, 0) is 48.4 Å². The summed E-state index contributed by atoms with van der Waals surface area (Å²) in [7, 11) is 0.